The van der Waals surface area contributed by atoms with Crippen LogP contribution in [0, 0.1) is 13.8 Å². The molecule has 1 N–H and O–H groups in total. The first kappa shape index (κ1) is 14.3. The molecular weight excluding hydrogens is 250 g/mol. The molecule has 0 saturated carbocycles. The van der Waals surface area contributed by atoms with E-state index in [2.05, 4.69) is 63.5 Å². The van der Waals surface area contributed by atoms with E-state index in [4.69, 9.17) is 0 Å². The summed E-state index contributed by atoms with van der Waals surface area (Å²) in [6, 6.07) is 11.6. The number of aryl methyl sites for hydroxylation is 1. The van der Waals surface area contributed by atoms with Crippen LogP contribution < -0.4 is 5.32 Å². The van der Waals surface area contributed by atoms with Crippen LogP contribution >= 0.6 is 11.3 Å². The van der Waals surface area contributed by atoms with E-state index in [9.17, 15) is 0 Å². The van der Waals surface area contributed by atoms with Crippen LogP contribution in [0.15, 0.2) is 30.3 Å². The van der Waals surface area contributed by atoms with Gasteiger partial charge in [-0.1, -0.05) is 31.5 Å². The lowest BCUT2D eigenvalue weighted by Gasteiger charge is -2.12. The summed E-state index contributed by atoms with van der Waals surface area (Å²) < 4.78 is 0. The molecule has 19 heavy (non-hydrogen) atoms. The molecule has 0 aliphatic carbocycles. The van der Waals surface area contributed by atoms with Crippen molar-refractivity contribution in [2.24, 2.45) is 0 Å². The van der Waals surface area contributed by atoms with Crippen LogP contribution in [0.3, 0.4) is 0 Å². The van der Waals surface area contributed by atoms with E-state index < -0.39 is 0 Å². The first-order valence-corrected chi connectivity index (χ1v) is 7.82. The van der Waals surface area contributed by atoms with Gasteiger partial charge in [0, 0.05) is 15.8 Å². The number of hydrogen-bond donors (Lipinski definition) is 1. The van der Waals surface area contributed by atoms with Crippen molar-refractivity contribution in [2.75, 3.05) is 7.05 Å². The monoisotopic (exact) mass is 273 g/mol. The van der Waals surface area contributed by atoms with Gasteiger partial charge in [0.2, 0.25) is 0 Å². The van der Waals surface area contributed by atoms with Gasteiger partial charge in [0.05, 0.1) is 0 Å². The summed E-state index contributed by atoms with van der Waals surface area (Å²) in [5.41, 5.74) is 4.14. The number of benzene rings is 1. The van der Waals surface area contributed by atoms with E-state index in [1.54, 1.807) is 0 Å². The van der Waals surface area contributed by atoms with Crippen LogP contribution in [0.1, 0.15) is 41.8 Å². The molecule has 2 heteroatoms. The molecule has 0 aliphatic rings. The van der Waals surface area contributed by atoms with Gasteiger partial charge in [-0.3, -0.25) is 0 Å². The van der Waals surface area contributed by atoms with Gasteiger partial charge in [0.25, 0.3) is 0 Å². The Balaban J connectivity index is 2.32. The van der Waals surface area contributed by atoms with E-state index in [0.29, 0.717) is 6.04 Å². The van der Waals surface area contributed by atoms with Gasteiger partial charge in [0.15, 0.2) is 0 Å². The number of thiophene rings is 1. The third-order valence-electron chi connectivity index (χ3n) is 3.77. The fraction of sp³-hybridized carbons (Fsp3) is 0.412. The van der Waals surface area contributed by atoms with Crippen LogP contribution in [-0.2, 0) is 0 Å². The lowest BCUT2D eigenvalue weighted by molar-refractivity contribution is 0.550. The largest absolute Gasteiger partial charge is 0.312 e. The van der Waals surface area contributed by atoms with Gasteiger partial charge in [0.1, 0.15) is 0 Å². The third kappa shape index (κ3) is 3.07. The zero-order chi connectivity index (χ0) is 13.8. The predicted molar refractivity (Wildman–Crippen MR) is 85.9 cm³/mol. The Kier molecular flexibility index (Phi) is 4.78. The smallest absolute Gasteiger partial charge is 0.0412 e. The van der Waals surface area contributed by atoms with Crippen LogP contribution in [0.5, 0.6) is 0 Å². The average Bonchev–Trinajstić information content (AvgIpc) is 2.88. The first-order valence-electron chi connectivity index (χ1n) is 7.01. The van der Waals surface area contributed by atoms with Crippen molar-refractivity contribution < 1.29 is 0 Å². The minimum atomic E-state index is 0.494. The zero-order valence-electron chi connectivity index (χ0n) is 12.3. The molecule has 2 aromatic rings. The Morgan fingerprint density at radius 3 is 2.63 bits per heavy atom. The summed E-state index contributed by atoms with van der Waals surface area (Å²) in [5, 5.41) is 3.42. The van der Waals surface area contributed by atoms with Crippen molar-refractivity contribution in [1.29, 1.82) is 0 Å². The van der Waals surface area contributed by atoms with E-state index in [0.717, 1.165) is 0 Å². The van der Waals surface area contributed by atoms with Gasteiger partial charge in [-0.2, -0.15) is 0 Å². The van der Waals surface area contributed by atoms with Crippen molar-refractivity contribution in [3.63, 3.8) is 0 Å². The highest BCUT2D eigenvalue weighted by atomic mass is 32.1. The quantitative estimate of drug-likeness (QED) is 0.800. The van der Waals surface area contributed by atoms with Crippen molar-refractivity contribution in [3.8, 4) is 10.4 Å². The molecule has 1 aromatic heterocycles. The highest BCUT2D eigenvalue weighted by molar-refractivity contribution is 7.15. The second-order valence-corrected chi connectivity index (χ2v) is 6.19. The second-order valence-electron chi connectivity index (χ2n) is 5.08. The van der Waals surface area contributed by atoms with Crippen LogP contribution in [-0.4, -0.2) is 7.05 Å². The maximum Gasteiger partial charge on any atom is 0.0412 e. The Labute approximate surface area is 120 Å². The summed E-state index contributed by atoms with van der Waals surface area (Å²) in [6.07, 6.45) is 2.41. The molecule has 0 saturated heterocycles. The molecule has 1 aromatic carbocycles. The second kappa shape index (κ2) is 6.36. The summed E-state index contributed by atoms with van der Waals surface area (Å²) >= 11 is 1.92. The summed E-state index contributed by atoms with van der Waals surface area (Å²) in [5.74, 6) is 0. The molecule has 1 heterocycles. The fourth-order valence-corrected chi connectivity index (χ4v) is 3.66. The lowest BCUT2D eigenvalue weighted by Crippen LogP contribution is -2.14. The zero-order valence-corrected chi connectivity index (χ0v) is 13.1. The fourth-order valence-electron chi connectivity index (χ4n) is 2.42. The molecule has 102 valence electrons. The maximum absolute atomic E-state index is 3.42. The van der Waals surface area contributed by atoms with Crippen LogP contribution in [0.4, 0.5) is 0 Å². The van der Waals surface area contributed by atoms with E-state index in [1.807, 2.05) is 11.3 Å². The van der Waals surface area contributed by atoms with Crippen LogP contribution in [0.2, 0.25) is 0 Å². The highest BCUT2D eigenvalue weighted by Gasteiger charge is 2.12. The van der Waals surface area contributed by atoms with E-state index in [1.165, 1.54) is 39.3 Å². The normalized spacial score (nSPS) is 12.6. The Morgan fingerprint density at radius 1 is 1.16 bits per heavy atom. The number of hydrogen-bond acceptors (Lipinski definition) is 2. The van der Waals surface area contributed by atoms with Crippen molar-refractivity contribution in [3.05, 3.63) is 46.3 Å². The number of rotatable bonds is 5. The molecule has 1 atom stereocenters. The molecule has 0 amide bonds. The van der Waals surface area contributed by atoms with Crippen molar-refractivity contribution in [2.45, 2.75) is 39.7 Å². The summed E-state index contributed by atoms with van der Waals surface area (Å²) in [7, 11) is 2.05. The average molecular weight is 273 g/mol. The molecule has 0 spiro atoms. The standard InChI is InChI=1S/C17H23NS/c1-5-7-15(18-4)17-11-10-16(19-17)14-9-6-8-12(2)13(14)3/h6,8-11,15,18H,5,7H2,1-4H3. The minimum Gasteiger partial charge on any atom is -0.312 e. The number of nitrogens with one attached hydrogen (secondary N) is 1. The van der Waals surface area contributed by atoms with E-state index >= 15 is 0 Å². The molecule has 0 aliphatic heterocycles. The van der Waals surface area contributed by atoms with Gasteiger partial charge < -0.3 is 5.32 Å². The van der Waals surface area contributed by atoms with Gasteiger partial charge in [-0.25, -0.2) is 0 Å². The van der Waals surface area contributed by atoms with E-state index in [-0.39, 0.29) is 0 Å². The predicted octanol–water partition coefficient (Wildman–Crippen LogP) is 5.09. The molecule has 1 nitrogen and oxygen atoms in total. The van der Waals surface area contributed by atoms with Crippen LogP contribution in [0.25, 0.3) is 10.4 Å². The SMILES string of the molecule is CCCC(NC)c1ccc(-c2cccc(C)c2C)s1. The van der Waals surface area contributed by atoms with Crippen molar-refractivity contribution >= 4 is 11.3 Å². The highest BCUT2D eigenvalue weighted by Crippen LogP contribution is 2.35. The Bertz CT molecular complexity index is 542. The first-order chi connectivity index (χ1) is 9.17. The summed E-state index contributed by atoms with van der Waals surface area (Å²) in [6.45, 7) is 6.63. The Hall–Kier alpha value is -1.12. The molecule has 0 bridgehead atoms. The van der Waals surface area contributed by atoms with Gasteiger partial charge in [-0.05, 0) is 56.1 Å². The molecule has 1 unspecified atom stereocenters. The minimum absolute atomic E-state index is 0.494. The summed E-state index contributed by atoms with van der Waals surface area (Å²) in [4.78, 5) is 2.83. The van der Waals surface area contributed by atoms with Crippen molar-refractivity contribution in [1.82, 2.24) is 5.32 Å². The lowest BCUT2D eigenvalue weighted by atomic mass is 10.0. The van der Waals surface area contributed by atoms with Gasteiger partial charge >= 0.3 is 0 Å². The van der Waals surface area contributed by atoms with Gasteiger partial charge in [-0.15, -0.1) is 11.3 Å². The molecule has 0 fully saturated rings. The third-order valence-corrected chi connectivity index (χ3v) is 5.00. The molecular formula is C17H23NS. The molecule has 2 rings (SSSR count). The topological polar surface area (TPSA) is 12.0 Å². The Morgan fingerprint density at radius 2 is 1.95 bits per heavy atom. The maximum atomic E-state index is 3.42. The molecule has 0 radical (unpaired) electrons.